The van der Waals surface area contributed by atoms with Gasteiger partial charge in [0.15, 0.2) is 5.96 Å². The molecule has 0 spiro atoms. The van der Waals surface area contributed by atoms with E-state index in [9.17, 15) is 0 Å². The van der Waals surface area contributed by atoms with Crippen LogP contribution in [0, 0.1) is 5.92 Å². The second-order valence-corrected chi connectivity index (χ2v) is 7.85. The van der Waals surface area contributed by atoms with Gasteiger partial charge in [0.05, 0.1) is 0 Å². The van der Waals surface area contributed by atoms with Gasteiger partial charge in [0.25, 0.3) is 0 Å². The quantitative estimate of drug-likeness (QED) is 0.370. The van der Waals surface area contributed by atoms with E-state index < -0.39 is 0 Å². The first-order valence-electron chi connectivity index (χ1n) is 9.32. The van der Waals surface area contributed by atoms with Gasteiger partial charge in [0.2, 0.25) is 5.13 Å². The van der Waals surface area contributed by atoms with Gasteiger partial charge in [0.1, 0.15) is 5.82 Å². The third-order valence-corrected chi connectivity index (χ3v) is 5.95. The molecule has 0 radical (unpaired) electrons. The molecular weight excluding hydrogens is 461 g/mol. The molecule has 2 aliphatic rings. The van der Waals surface area contributed by atoms with Crippen molar-refractivity contribution >= 4 is 46.6 Å². The van der Waals surface area contributed by atoms with Crippen LogP contribution in [0.2, 0.25) is 0 Å². The van der Waals surface area contributed by atoms with Crippen LogP contribution < -0.4 is 10.2 Å². The summed E-state index contributed by atoms with van der Waals surface area (Å²) in [6, 6.07) is 0.604. The molecule has 0 amide bonds. The normalized spacial score (nSPS) is 19.5. The summed E-state index contributed by atoms with van der Waals surface area (Å²) in [7, 11) is 6.24. The fourth-order valence-corrected chi connectivity index (χ4v) is 4.21. The Morgan fingerprint density at radius 1 is 1.31 bits per heavy atom. The number of aromatic nitrogens is 2. The molecule has 1 saturated carbocycles. The fourth-order valence-electron chi connectivity index (χ4n) is 3.41. The maximum Gasteiger partial charge on any atom is 0.205 e. The second kappa shape index (κ2) is 10.0. The number of aryl methyl sites for hydroxylation is 1. The molecule has 0 aromatic carbocycles. The molecule has 3 rings (SSSR count). The van der Waals surface area contributed by atoms with Crippen LogP contribution in [-0.4, -0.2) is 85.0 Å². The minimum Gasteiger partial charge on any atom is -0.355 e. The molecule has 1 unspecified atom stereocenters. The number of rotatable bonds is 6. The zero-order valence-electron chi connectivity index (χ0n) is 16.3. The van der Waals surface area contributed by atoms with Gasteiger partial charge in [-0.2, -0.15) is 4.37 Å². The topological polar surface area (TPSA) is 59.9 Å². The SMILES string of the molecule is CCc1nsc(N2CCN(C(=NC)NCC(C3CC3)N(C)C)CC2)n1.I. The first-order valence-corrected chi connectivity index (χ1v) is 10.1. The van der Waals surface area contributed by atoms with Crippen molar-refractivity contribution in [3.05, 3.63) is 5.82 Å². The molecule has 1 N–H and O–H groups in total. The van der Waals surface area contributed by atoms with Crippen molar-refractivity contribution in [1.82, 2.24) is 24.5 Å². The van der Waals surface area contributed by atoms with Crippen LogP contribution in [0.15, 0.2) is 4.99 Å². The van der Waals surface area contributed by atoms with Gasteiger partial charge in [-0.3, -0.25) is 4.99 Å². The summed E-state index contributed by atoms with van der Waals surface area (Å²) in [5.74, 6) is 2.83. The number of piperazine rings is 1. The molecule has 2 fully saturated rings. The molecule has 1 aliphatic heterocycles. The van der Waals surface area contributed by atoms with Gasteiger partial charge in [-0.05, 0) is 32.9 Å². The molecule has 1 aromatic rings. The molecule has 9 heteroatoms. The van der Waals surface area contributed by atoms with Gasteiger partial charge < -0.3 is 20.0 Å². The Kier molecular flexibility index (Phi) is 8.34. The Labute approximate surface area is 178 Å². The lowest BCUT2D eigenvalue weighted by Gasteiger charge is -2.37. The molecule has 1 atom stereocenters. The number of aliphatic imine (C=N–C) groups is 1. The van der Waals surface area contributed by atoms with Crippen LogP contribution in [0.1, 0.15) is 25.6 Å². The monoisotopic (exact) mass is 493 g/mol. The molecule has 1 saturated heterocycles. The molecule has 148 valence electrons. The first kappa shape index (κ1) is 21.6. The molecular formula is C17H32IN7S. The predicted molar refractivity (Wildman–Crippen MR) is 120 cm³/mol. The maximum absolute atomic E-state index is 4.61. The van der Waals surface area contributed by atoms with E-state index in [0.29, 0.717) is 6.04 Å². The summed E-state index contributed by atoms with van der Waals surface area (Å²) in [4.78, 5) is 16.2. The summed E-state index contributed by atoms with van der Waals surface area (Å²) in [6.45, 7) is 6.95. The number of hydrogen-bond donors (Lipinski definition) is 1. The van der Waals surface area contributed by atoms with Crippen molar-refractivity contribution in [3.63, 3.8) is 0 Å². The summed E-state index contributed by atoms with van der Waals surface area (Å²) in [5.41, 5.74) is 0. The Hall–Kier alpha value is -0.680. The lowest BCUT2D eigenvalue weighted by atomic mass is 10.1. The second-order valence-electron chi connectivity index (χ2n) is 7.12. The molecule has 2 heterocycles. The Morgan fingerprint density at radius 2 is 2.00 bits per heavy atom. The zero-order valence-corrected chi connectivity index (χ0v) is 19.5. The van der Waals surface area contributed by atoms with Gasteiger partial charge in [-0.25, -0.2) is 4.98 Å². The van der Waals surface area contributed by atoms with Crippen molar-refractivity contribution in [2.24, 2.45) is 10.9 Å². The van der Waals surface area contributed by atoms with Crippen LogP contribution in [0.25, 0.3) is 0 Å². The molecule has 0 bridgehead atoms. The van der Waals surface area contributed by atoms with E-state index in [-0.39, 0.29) is 24.0 Å². The minimum absolute atomic E-state index is 0. The van der Waals surface area contributed by atoms with E-state index >= 15 is 0 Å². The zero-order chi connectivity index (χ0) is 17.8. The molecule has 1 aliphatic carbocycles. The van der Waals surface area contributed by atoms with Crippen LogP contribution in [-0.2, 0) is 6.42 Å². The van der Waals surface area contributed by atoms with E-state index in [0.717, 1.165) is 62.0 Å². The van der Waals surface area contributed by atoms with Gasteiger partial charge in [0, 0.05) is 63.8 Å². The molecule has 7 nitrogen and oxygen atoms in total. The third-order valence-electron chi connectivity index (χ3n) is 5.13. The average Bonchev–Trinajstić information content (AvgIpc) is 3.34. The fraction of sp³-hybridized carbons (Fsp3) is 0.824. The number of guanidine groups is 1. The van der Waals surface area contributed by atoms with E-state index in [1.165, 1.54) is 24.4 Å². The van der Waals surface area contributed by atoms with E-state index in [4.69, 9.17) is 0 Å². The highest BCUT2D eigenvalue weighted by molar-refractivity contribution is 14.0. The summed E-state index contributed by atoms with van der Waals surface area (Å²) in [6.07, 6.45) is 3.63. The highest BCUT2D eigenvalue weighted by Crippen LogP contribution is 2.34. The number of anilines is 1. The lowest BCUT2D eigenvalue weighted by Crippen LogP contribution is -2.54. The highest BCUT2D eigenvalue weighted by atomic mass is 127. The number of likely N-dealkylation sites (N-methyl/N-ethyl adjacent to an activating group) is 1. The van der Waals surface area contributed by atoms with Crippen molar-refractivity contribution in [3.8, 4) is 0 Å². The van der Waals surface area contributed by atoms with Gasteiger partial charge in [-0.1, -0.05) is 6.92 Å². The third kappa shape index (κ3) is 5.41. The van der Waals surface area contributed by atoms with E-state index in [1.807, 2.05) is 7.05 Å². The number of hydrogen-bond acceptors (Lipinski definition) is 6. The largest absolute Gasteiger partial charge is 0.355 e. The Balaban J connectivity index is 0.00000243. The van der Waals surface area contributed by atoms with Crippen molar-refractivity contribution in [1.29, 1.82) is 0 Å². The van der Waals surface area contributed by atoms with Crippen molar-refractivity contribution < 1.29 is 0 Å². The van der Waals surface area contributed by atoms with Crippen LogP contribution in [0.3, 0.4) is 0 Å². The molecule has 1 aromatic heterocycles. The Morgan fingerprint density at radius 3 is 2.50 bits per heavy atom. The van der Waals surface area contributed by atoms with Gasteiger partial charge in [-0.15, -0.1) is 24.0 Å². The summed E-state index contributed by atoms with van der Waals surface area (Å²) < 4.78 is 4.40. The average molecular weight is 493 g/mol. The predicted octanol–water partition coefficient (Wildman–Crippen LogP) is 1.76. The Bertz CT molecular complexity index is 577. The standard InChI is InChI=1S/C17H31N7S.HI/c1-5-15-20-17(25-21-15)24-10-8-23(9-11-24)16(18-2)19-12-14(22(3)4)13-6-7-13;/h13-14H,5-12H2,1-4H3,(H,18,19);1H. The van der Waals surface area contributed by atoms with Gasteiger partial charge >= 0.3 is 0 Å². The first-order chi connectivity index (χ1) is 12.1. The number of nitrogens with one attached hydrogen (secondary N) is 1. The maximum atomic E-state index is 4.61. The van der Waals surface area contributed by atoms with E-state index in [1.54, 1.807) is 0 Å². The van der Waals surface area contributed by atoms with Crippen LogP contribution >= 0.6 is 35.5 Å². The minimum atomic E-state index is 0. The summed E-state index contributed by atoms with van der Waals surface area (Å²) >= 11 is 1.52. The van der Waals surface area contributed by atoms with Crippen molar-refractivity contribution in [2.45, 2.75) is 32.2 Å². The van der Waals surface area contributed by atoms with Crippen molar-refractivity contribution in [2.75, 3.05) is 58.8 Å². The molecule has 26 heavy (non-hydrogen) atoms. The summed E-state index contributed by atoms with van der Waals surface area (Å²) in [5, 5.41) is 4.66. The van der Waals surface area contributed by atoms with Crippen LogP contribution in [0.5, 0.6) is 0 Å². The van der Waals surface area contributed by atoms with E-state index in [2.05, 4.69) is 55.4 Å². The smallest absolute Gasteiger partial charge is 0.205 e. The number of nitrogens with zero attached hydrogens (tertiary/aromatic N) is 6. The van der Waals surface area contributed by atoms with Crippen LogP contribution in [0.4, 0.5) is 5.13 Å². The highest BCUT2D eigenvalue weighted by Gasteiger charge is 2.33. The number of halogens is 1. The lowest BCUT2D eigenvalue weighted by molar-refractivity contribution is 0.260.